The largest absolute Gasteiger partial charge is 0.492 e. The highest BCUT2D eigenvalue weighted by Gasteiger charge is 2.36. The molecule has 2 atom stereocenters. The summed E-state index contributed by atoms with van der Waals surface area (Å²) in [4.78, 5) is 23.3. The first kappa shape index (κ1) is 26.2. The number of nitrogens with zero attached hydrogens (tertiary/aromatic N) is 3. The maximum Gasteiger partial charge on any atom is 0.284 e. The summed E-state index contributed by atoms with van der Waals surface area (Å²) < 4.78 is 45.4. The van der Waals surface area contributed by atoms with Crippen LogP contribution in [0.1, 0.15) is 6.92 Å². The van der Waals surface area contributed by atoms with Crippen LogP contribution in [0.2, 0.25) is 5.02 Å². The fourth-order valence-electron chi connectivity index (χ4n) is 4.44. The molecule has 2 aliphatic rings. The number of aromatic nitrogens is 2. The lowest BCUT2D eigenvalue weighted by atomic mass is 10.1. The molecule has 2 N–H and O–H groups in total. The number of hydrogen-bond donors (Lipinski definition) is 2. The molecule has 0 spiro atoms. The Hall–Kier alpha value is -3.38. The lowest BCUT2D eigenvalue weighted by Crippen LogP contribution is -2.36. The molecule has 5 rings (SSSR count). The standard InChI is InChI=1S/C26H26ClF2N5O4/c1-2-36-22-11-20-16(25(31-14-30-20)32-15-3-4-18(28)17(27)9-15)10-21(22)33-26(35)19(29)5-6-34-12-23-24(13-34)38-8-7-37-23/h3-5,9-11,14,23-24H,2,6-8,12-13H2,1H3,(H,33,35)(H,30,31,32)/b19-5-/t23-,24-/m0/s1. The summed E-state index contributed by atoms with van der Waals surface area (Å²) in [7, 11) is 0. The molecule has 9 nitrogen and oxygen atoms in total. The molecule has 2 aliphatic heterocycles. The van der Waals surface area contributed by atoms with Crippen molar-refractivity contribution in [2.24, 2.45) is 0 Å². The van der Waals surface area contributed by atoms with Crippen LogP contribution in [-0.4, -0.2) is 72.4 Å². The number of benzene rings is 2. The van der Waals surface area contributed by atoms with Crippen LogP contribution in [0.25, 0.3) is 10.9 Å². The molecule has 2 saturated heterocycles. The molecule has 0 aliphatic carbocycles. The Morgan fingerprint density at radius 3 is 2.68 bits per heavy atom. The van der Waals surface area contributed by atoms with Crippen molar-refractivity contribution in [2.75, 3.05) is 50.1 Å². The minimum absolute atomic E-state index is 0.0312. The molecule has 1 amide bonds. The monoisotopic (exact) mass is 545 g/mol. The average molecular weight is 546 g/mol. The van der Waals surface area contributed by atoms with Crippen molar-refractivity contribution in [1.82, 2.24) is 14.9 Å². The van der Waals surface area contributed by atoms with E-state index in [1.54, 1.807) is 19.1 Å². The van der Waals surface area contributed by atoms with Gasteiger partial charge in [-0.2, -0.15) is 0 Å². The van der Waals surface area contributed by atoms with Crippen molar-refractivity contribution in [1.29, 1.82) is 0 Å². The third-order valence-corrected chi connectivity index (χ3v) is 6.54. The van der Waals surface area contributed by atoms with Gasteiger partial charge in [-0.3, -0.25) is 9.69 Å². The summed E-state index contributed by atoms with van der Waals surface area (Å²) >= 11 is 5.90. The number of rotatable bonds is 8. The van der Waals surface area contributed by atoms with E-state index in [4.69, 9.17) is 25.8 Å². The number of amides is 1. The highest BCUT2D eigenvalue weighted by atomic mass is 35.5. The van der Waals surface area contributed by atoms with Crippen molar-refractivity contribution >= 4 is 45.6 Å². The van der Waals surface area contributed by atoms with Gasteiger partial charge in [-0.05, 0) is 37.3 Å². The number of anilines is 3. The molecule has 3 aromatic rings. The molecule has 2 aromatic carbocycles. The first-order valence-corrected chi connectivity index (χ1v) is 12.5. The Morgan fingerprint density at radius 2 is 1.97 bits per heavy atom. The van der Waals surface area contributed by atoms with Gasteiger partial charge in [0.15, 0.2) is 5.83 Å². The van der Waals surface area contributed by atoms with E-state index >= 15 is 0 Å². The van der Waals surface area contributed by atoms with Crippen LogP contribution in [0.15, 0.2) is 48.6 Å². The maximum atomic E-state index is 14.8. The van der Waals surface area contributed by atoms with Crippen molar-refractivity contribution in [2.45, 2.75) is 19.1 Å². The number of ether oxygens (including phenoxy) is 3. The fraction of sp³-hybridized carbons (Fsp3) is 0.346. The zero-order valence-corrected chi connectivity index (χ0v) is 21.3. The summed E-state index contributed by atoms with van der Waals surface area (Å²) in [5.41, 5.74) is 1.27. The topological polar surface area (TPSA) is 97.8 Å². The number of nitrogens with one attached hydrogen (secondary N) is 2. The molecule has 0 radical (unpaired) electrons. The second kappa shape index (κ2) is 11.6. The van der Waals surface area contributed by atoms with Gasteiger partial charge in [-0.1, -0.05) is 11.6 Å². The number of hydrogen-bond acceptors (Lipinski definition) is 8. The molecule has 12 heteroatoms. The van der Waals surface area contributed by atoms with Gasteiger partial charge in [-0.25, -0.2) is 18.7 Å². The van der Waals surface area contributed by atoms with Crippen LogP contribution in [0, 0.1) is 5.82 Å². The Morgan fingerprint density at radius 1 is 1.21 bits per heavy atom. The highest BCUT2D eigenvalue weighted by Crippen LogP contribution is 2.34. The van der Waals surface area contributed by atoms with E-state index < -0.39 is 17.6 Å². The normalized spacial score (nSPS) is 19.8. The third-order valence-electron chi connectivity index (χ3n) is 6.25. The van der Waals surface area contributed by atoms with Gasteiger partial charge in [0.2, 0.25) is 0 Å². The van der Waals surface area contributed by atoms with Gasteiger partial charge in [0, 0.05) is 36.8 Å². The Bertz CT molecular complexity index is 1360. The molecular weight excluding hydrogens is 520 g/mol. The van der Waals surface area contributed by atoms with Crippen molar-refractivity contribution in [3.05, 3.63) is 59.4 Å². The van der Waals surface area contributed by atoms with Gasteiger partial charge in [0.05, 0.1) is 48.3 Å². The zero-order chi connectivity index (χ0) is 26.6. The van der Waals surface area contributed by atoms with Gasteiger partial charge in [-0.15, -0.1) is 0 Å². The molecule has 38 heavy (non-hydrogen) atoms. The fourth-order valence-corrected chi connectivity index (χ4v) is 4.62. The Labute approximate surface area is 222 Å². The molecule has 0 unspecified atom stereocenters. The summed E-state index contributed by atoms with van der Waals surface area (Å²) in [6.07, 6.45) is 2.53. The predicted molar refractivity (Wildman–Crippen MR) is 139 cm³/mol. The first-order valence-electron chi connectivity index (χ1n) is 12.2. The van der Waals surface area contributed by atoms with Crippen LogP contribution in [0.3, 0.4) is 0 Å². The van der Waals surface area contributed by atoms with Crippen molar-refractivity contribution in [3.8, 4) is 5.75 Å². The smallest absolute Gasteiger partial charge is 0.284 e. The van der Waals surface area contributed by atoms with Crippen molar-refractivity contribution < 1.29 is 27.8 Å². The van der Waals surface area contributed by atoms with E-state index in [1.807, 2.05) is 4.90 Å². The second-order valence-corrected chi connectivity index (χ2v) is 9.23. The van der Waals surface area contributed by atoms with Crippen LogP contribution < -0.4 is 15.4 Å². The van der Waals surface area contributed by atoms with E-state index in [-0.39, 0.29) is 29.5 Å². The quantitative estimate of drug-likeness (QED) is 0.401. The maximum absolute atomic E-state index is 14.8. The van der Waals surface area contributed by atoms with E-state index in [1.165, 1.54) is 30.6 Å². The van der Waals surface area contributed by atoms with Crippen LogP contribution in [-0.2, 0) is 14.3 Å². The number of carbonyl (C=O) groups excluding carboxylic acids is 1. The van der Waals surface area contributed by atoms with Crippen molar-refractivity contribution in [3.63, 3.8) is 0 Å². The number of likely N-dealkylation sites (tertiary alicyclic amines) is 1. The zero-order valence-electron chi connectivity index (χ0n) is 20.5. The Kier molecular flexibility index (Phi) is 7.98. The van der Waals surface area contributed by atoms with E-state index in [9.17, 15) is 13.6 Å². The molecule has 0 saturated carbocycles. The van der Waals surface area contributed by atoms with Gasteiger partial charge >= 0.3 is 0 Å². The summed E-state index contributed by atoms with van der Waals surface area (Å²) in [5, 5.41) is 6.14. The van der Waals surface area contributed by atoms with Gasteiger partial charge in [0.25, 0.3) is 5.91 Å². The lowest BCUT2D eigenvalue weighted by molar-refractivity contribution is -0.116. The number of halogens is 3. The Balaban J connectivity index is 1.35. The summed E-state index contributed by atoms with van der Waals surface area (Å²) in [5.74, 6) is -1.67. The van der Waals surface area contributed by atoms with E-state index in [2.05, 4.69) is 20.6 Å². The molecular formula is C26H26ClF2N5O4. The van der Waals surface area contributed by atoms with Crippen LogP contribution in [0.4, 0.5) is 26.0 Å². The molecule has 3 heterocycles. The van der Waals surface area contributed by atoms with Gasteiger partial charge in [0.1, 0.15) is 23.7 Å². The molecule has 1 aromatic heterocycles. The van der Waals surface area contributed by atoms with Crippen LogP contribution >= 0.6 is 11.6 Å². The number of fused-ring (bicyclic) bond motifs is 2. The first-order chi connectivity index (χ1) is 18.4. The minimum atomic E-state index is -0.923. The minimum Gasteiger partial charge on any atom is -0.492 e. The molecule has 0 bridgehead atoms. The summed E-state index contributed by atoms with van der Waals surface area (Å²) in [6.45, 7) is 4.69. The average Bonchev–Trinajstić information content (AvgIpc) is 3.33. The van der Waals surface area contributed by atoms with Crippen LogP contribution in [0.5, 0.6) is 5.75 Å². The lowest BCUT2D eigenvalue weighted by Gasteiger charge is -2.24. The highest BCUT2D eigenvalue weighted by molar-refractivity contribution is 6.31. The second-order valence-electron chi connectivity index (χ2n) is 8.82. The SMILES string of the molecule is CCOc1cc2ncnc(Nc3ccc(F)c(Cl)c3)c2cc1NC(=O)/C(F)=C/CN1C[C@@H]2OCCO[C@H]2C1. The summed E-state index contributed by atoms with van der Waals surface area (Å²) in [6, 6.07) is 7.40. The number of carbonyl (C=O) groups is 1. The van der Waals surface area contributed by atoms with Gasteiger partial charge < -0.3 is 24.8 Å². The molecule has 200 valence electrons. The van der Waals surface area contributed by atoms with E-state index in [0.29, 0.717) is 61.1 Å². The predicted octanol–water partition coefficient (Wildman–Crippen LogP) is 4.46. The molecule has 2 fully saturated rings. The third kappa shape index (κ3) is 5.86. The van der Waals surface area contributed by atoms with E-state index in [0.717, 1.165) is 0 Å².